The largest absolute Gasteiger partial charge is 0.377 e. The van der Waals surface area contributed by atoms with E-state index in [1.54, 1.807) is 17.3 Å². The van der Waals surface area contributed by atoms with Gasteiger partial charge in [-0.2, -0.15) is 4.98 Å². The van der Waals surface area contributed by atoms with Gasteiger partial charge in [0.1, 0.15) is 17.6 Å². The Kier molecular flexibility index (Phi) is 5.02. The third kappa shape index (κ3) is 3.10. The van der Waals surface area contributed by atoms with Gasteiger partial charge >= 0.3 is 0 Å². The molecule has 8 heteroatoms. The molecule has 0 aromatic carbocycles. The van der Waals surface area contributed by atoms with Crippen LogP contribution >= 0.6 is 0 Å². The number of carbonyl (C=O) groups excluding carboxylic acids is 1. The van der Waals surface area contributed by atoms with Gasteiger partial charge < -0.3 is 14.5 Å². The fraction of sp³-hybridized carbons (Fsp3) is 0.545. The summed E-state index contributed by atoms with van der Waals surface area (Å²) < 4.78 is 7.39. The quantitative estimate of drug-likeness (QED) is 0.774. The van der Waals surface area contributed by atoms with Crippen LogP contribution in [0.15, 0.2) is 24.7 Å². The zero-order valence-corrected chi connectivity index (χ0v) is 17.6. The van der Waals surface area contributed by atoms with E-state index < -0.39 is 0 Å². The molecule has 0 spiro atoms. The standard InChI is InChI=1S/C22H28N6O2/c1-3-17-21(29)26(2)18-14-24-22(25-20(18)28(17)16-6-4-5-7-16)27-11-10-23-19(27)15-8-12-30-13-9-15/h8,10-11,14,16-17H,3-7,9,12-13H2,1-2H3/t17-/m1/s1. The van der Waals surface area contributed by atoms with Crippen molar-refractivity contribution in [2.24, 2.45) is 0 Å². The van der Waals surface area contributed by atoms with Crippen LogP contribution in [0.4, 0.5) is 11.5 Å². The maximum atomic E-state index is 13.1. The molecule has 1 atom stereocenters. The lowest BCUT2D eigenvalue weighted by molar-refractivity contribution is -0.120. The second-order valence-electron chi connectivity index (χ2n) is 8.22. The SMILES string of the molecule is CC[C@@H]1C(=O)N(C)c2cnc(-n3ccnc3C3=CCOCC3)nc2N1C1CCCC1. The molecule has 1 aliphatic carbocycles. The van der Waals surface area contributed by atoms with Crippen molar-refractivity contribution >= 4 is 23.0 Å². The van der Waals surface area contributed by atoms with Crippen LogP contribution in [-0.2, 0) is 9.53 Å². The maximum Gasteiger partial charge on any atom is 0.249 e. The van der Waals surface area contributed by atoms with Crippen LogP contribution in [0.1, 0.15) is 51.3 Å². The van der Waals surface area contributed by atoms with Crippen LogP contribution < -0.4 is 9.80 Å². The molecular formula is C22H28N6O2. The molecule has 2 aromatic heterocycles. The Hall–Kier alpha value is -2.74. The summed E-state index contributed by atoms with van der Waals surface area (Å²) in [4.78, 5) is 31.2. The lowest BCUT2D eigenvalue weighted by Crippen LogP contribution is -2.55. The van der Waals surface area contributed by atoms with Crippen molar-refractivity contribution in [3.8, 4) is 5.95 Å². The Balaban J connectivity index is 1.60. The van der Waals surface area contributed by atoms with E-state index in [-0.39, 0.29) is 11.9 Å². The molecule has 2 aromatic rings. The number of likely N-dealkylation sites (N-methyl/N-ethyl adjacent to an activating group) is 1. The Morgan fingerprint density at radius 3 is 2.80 bits per heavy atom. The Labute approximate surface area is 176 Å². The van der Waals surface area contributed by atoms with Crippen molar-refractivity contribution in [3.63, 3.8) is 0 Å². The summed E-state index contributed by atoms with van der Waals surface area (Å²) in [5.74, 6) is 2.44. The fourth-order valence-corrected chi connectivity index (χ4v) is 4.92. The molecule has 1 fully saturated rings. The predicted octanol–water partition coefficient (Wildman–Crippen LogP) is 2.97. The summed E-state index contributed by atoms with van der Waals surface area (Å²) in [5.41, 5.74) is 1.94. The molecule has 1 amide bonds. The first-order valence-corrected chi connectivity index (χ1v) is 10.9. The van der Waals surface area contributed by atoms with E-state index in [4.69, 9.17) is 9.72 Å². The molecule has 5 rings (SSSR count). The van der Waals surface area contributed by atoms with E-state index in [0.29, 0.717) is 25.2 Å². The minimum Gasteiger partial charge on any atom is -0.377 e. The van der Waals surface area contributed by atoms with Gasteiger partial charge in [0.25, 0.3) is 0 Å². The molecule has 158 valence electrons. The number of carbonyl (C=O) groups is 1. The smallest absolute Gasteiger partial charge is 0.249 e. The molecular weight excluding hydrogens is 380 g/mol. The molecule has 2 aliphatic heterocycles. The highest BCUT2D eigenvalue weighted by Crippen LogP contribution is 2.39. The third-order valence-corrected chi connectivity index (χ3v) is 6.51. The summed E-state index contributed by atoms with van der Waals surface area (Å²) in [6, 6.07) is 0.184. The zero-order chi connectivity index (χ0) is 20.7. The molecule has 0 N–H and O–H groups in total. The van der Waals surface area contributed by atoms with Gasteiger partial charge in [-0.1, -0.05) is 25.8 Å². The number of hydrogen-bond acceptors (Lipinski definition) is 6. The van der Waals surface area contributed by atoms with Crippen LogP contribution in [0.2, 0.25) is 0 Å². The number of nitrogens with zero attached hydrogens (tertiary/aromatic N) is 6. The van der Waals surface area contributed by atoms with Crippen LogP contribution in [0, 0.1) is 0 Å². The van der Waals surface area contributed by atoms with E-state index in [9.17, 15) is 4.79 Å². The lowest BCUT2D eigenvalue weighted by atomic mass is 10.0. The normalized spacial score (nSPS) is 22.4. The van der Waals surface area contributed by atoms with E-state index in [0.717, 1.165) is 48.6 Å². The van der Waals surface area contributed by atoms with Crippen molar-refractivity contribution in [1.29, 1.82) is 0 Å². The van der Waals surface area contributed by atoms with Gasteiger partial charge in [-0.05, 0) is 31.3 Å². The molecule has 1 saturated carbocycles. The number of imidazole rings is 1. The number of rotatable bonds is 4. The molecule has 4 heterocycles. The first-order chi connectivity index (χ1) is 14.7. The maximum absolute atomic E-state index is 13.1. The van der Waals surface area contributed by atoms with E-state index in [1.807, 2.05) is 17.8 Å². The molecule has 0 bridgehead atoms. The van der Waals surface area contributed by atoms with Gasteiger partial charge in [0.05, 0.1) is 19.4 Å². The van der Waals surface area contributed by atoms with Gasteiger partial charge in [-0.15, -0.1) is 0 Å². The second kappa shape index (κ2) is 7.83. The Bertz CT molecular complexity index is 978. The van der Waals surface area contributed by atoms with Crippen LogP contribution in [-0.4, -0.2) is 57.8 Å². The van der Waals surface area contributed by atoms with Gasteiger partial charge in [0.2, 0.25) is 11.9 Å². The zero-order valence-electron chi connectivity index (χ0n) is 17.6. The van der Waals surface area contributed by atoms with Crippen molar-refractivity contribution in [1.82, 2.24) is 19.5 Å². The molecule has 0 saturated heterocycles. The Morgan fingerprint density at radius 2 is 2.07 bits per heavy atom. The first kappa shape index (κ1) is 19.2. The van der Waals surface area contributed by atoms with Gasteiger partial charge in [-0.3, -0.25) is 9.36 Å². The first-order valence-electron chi connectivity index (χ1n) is 10.9. The average molecular weight is 409 g/mol. The highest BCUT2D eigenvalue weighted by molar-refractivity contribution is 6.04. The van der Waals surface area contributed by atoms with Crippen LogP contribution in [0.25, 0.3) is 11.5 Å². The monoisotopic (exact) mass is 408 g/mol. The number of fused-ring (bicyclic) bond motifs is 1. The summed E-state index contributed by atoms with van der Waals surface area (Å²) in [6.07, 6.45) is 13.8. The summed E-state index contributed by atoms with van der Waals surface area (Å²) in [7, 11) is 1.83. The highest BCUT2D eigenvalue weighted by atomic mass is 16.5. The molecule has 8 nitrogen and oxygen atoms in total. The van der Waals surface area contributed by atoms with Crippen molar-refractivity contribution in [2.45, 2.75) is 57.5 Å². The van der Waals surface area contributed by atoms with Gasteiger partial charge in [0.15, 0.2) is 5.82 Å². The molecule has 3 aliphatic rings. The molecule has 0 unspecified atom stereocenters. The van der Waals surface area contributed by atoms with Crippen molar-refractivity contribution in [2.75, 3.05) is 30.1 Å². The topological polar surface area (TPSA) is 76.4 Å². The number of ether oxygens (including phenoxy) is 1. The number of anilines is 2. The van der Waals surface area contributed by atoms with Gasteiger partial charge in [-0.25, -0.2) is 9.97 Å². The van der Waals surface area contributed by atoms with E-state index >= 15 is 0 Å². The Morgan fingerprint density at radius 1 is 1.23 bits per heavy atom. The molecule has 0 radical (unpaired) electrons. The highest BCUT2D eigenvalue weighted by Gasteiger charge is 2.41. The van der Waals surface area contributed by atoms with Crippen LogP contribution in [0.5, 0.6) is 0 Å². The third-order valence-electron chi connectivity index (χ3n) is 6.51. The van der Waals surface area contributed by atoms with Crippen LogP contribution in [0.3, 0.4) is 0 Å². The number of hydrogen-bond donors (Lipinski definition) is 0. The lowest BCUT2D eigenvalue weighted by Gasteiger charge is -2.43. The van der Waals surface area contributed by atoms with Gasteiger partial charge in [0, 0.05) is 25.5 Å². The number of aromatic nitrogens is 4. The van der Waals surface area contributed by atoms with E-state index in [1.165, 1.54) is 12.8 Å². The summed E-state index contributed by atoms with van der Waals surface area (Å²) >= 11 is 0. The minimum absolute atomic E-state index is 0.129. The average Bonchev–Trinajstić information content (AvgIpc) is 3.48. The molecule has 30 heavy (non-hydrogen) atoms. The van der Waals surface area contributed by atoms with E-state index in [2.05, 4.69) is 27.9 Å². The van der Waals surface area contributed by atoms with Crippen molar-refractivity contribution in [3.05, 3.63) is 30.5 Å². The fourth-order valence-electron chi connectivity index (χ4n) is 4.92. The predicted molar refractivity (Wildman–Crippen MR) is 115 cm³/mol. The number of amides is 1. The second-order valence-corrected chi connectivity index (χ2v) is 8.22. The summed E-state index contributed by atoms with van der Waals surface area (Å²) in [5, 5.41) is 0. The minimum atomic E-state index is -0.172. The summed E-state index contributed by atoms with van der Waals surface area (Å²) in [6.45, 7) is 3.38. The van der Waals surface area contributed by atoms with Crippen molar-refractivity contribution < 1.29 is 9.53 Å².